The molecule has 2 aromatic heterocycles. The van der Waals surface area contributed by atoms with Gasteiger partial charge >= 0.3 is 0 Å². The fourth-order valence-corrected chi connectivity index (χ4v) is 2.69. The van der Waals surface area contributed by atoms with E-state index in [-0.39, 0.29) is 5.91 Å². The van der Waals surface area contributed by atoms with E-state index in [9.17, 15) is 4.79 Å². The van der Waals surface area contributed by atoms with Crippen LogP contribution in [-0.4, -0.2) is 59.7 Å². The van der Waals surface area contributed by atoms with Crippen molar-refractivity contribution in [3.8, 4) is 0 Å². The van der Waals surface area contributed by atoms with Crippen LogP contribution in [0.25, 0.3) is 10.9 Å². The standard InChI is InChI=1S/C19H24N6O/c1-25(2)12-11-20-18-8-7-17(23-24-18)19(26)21-10-9-14-13-22-16-6-4-3-5-15(14)16/h3-8,13,22H,9-12H2,1-2H3,(H,20,24)(H,21,26). The molecule has 2 heterocycles. The molecule has 136 valence electrons. The summed E-state index contributed by atoms with van der Waals surface area (Å²) in [5, 5.41) is 15.3. The minimum Gasteiger partial charge on any atom is -0.367 e. The molecule has 0 aliphatic carbocycles. The maximum absolute atomic E-state index is 12.2. The van der Waals surface area contributed by atoms with Crippen molar-refractivity contribution in [2.45, 2.75) is 6.42 Å². The van der Waals surface area contributed by atoms with Gasteiger partial charge in [-0.25, -0.2) is 0 Å². The van der Waals surface area contributed by atoms with E-state index in [1.807, 2.05) is 38.5 Å². The van der Waals surface area contributed by atoms with Gasteiger partial charge in [-0.15, -0.1) is 10.2 Å². The number of nitrogens with zero attached hydrogens (tertiary/aromatic N) is 3. The van der Waals surface area contributed by atoms with Gasteiger partial charge in [-0.3, -0.25) is 4.79 Å². The number of anilines is 1. The van der Waals surface area contributed by atoms with Crippen molar-refractivity contribution in [1.82, 2.24) is 25.4 Å². The minimum absolute atomic E-state index is 0.211. The third kappa shape index (κ3) is 4.58. The van der Waals surface area contributed by atoms with Crippen LogP contribution < -0.4 is 10.6 Å². The summed E-state index contributed by atoms with van der Waals surface area (Å²) in [7, 11) is 4.02. The predicted octanol–water partition coefficient (Wildman–Crippen LogP) is 1.90. The number of hydrogen-bond acceptors (Lipinski definition) is 5. The van der Waals surface area contributed by atoms with Crippen LogP contribution in [0.4, 0.5) is 5.82 Å². The molecule has 1 aromatic carbocycles. The molecule has 0 saturated heterocycles. The number of likely N-dealkylation sites (N-methyl/N-ethyl adjacent to an activating group) is 1. The average Bonchev–Trinajstić information content (AvgIpc) is 3.05. The highest BCUT2D eigenvalue weighted by Gasteiger charge is 2.09. The number of H-pyrrole nitrogens is 1. The summed E-state index contributed by atoms with van der Waals surface area (Å²) < 4.78 is 0. The van der Waals surface area contributed by atoms with Gasteiger partial charge in [0.25, 0.3) is 5.91 Å². The Morgan fingerprint density at radius 2 is 1.96 bits per heavy atom. The number of fused-ring (bicyclic) bond motifs is 1. The van der Waals surface area contributed by atoms with Gasteiger partial charge < -0.3 is 20.5 Å². The smallest absolute Gasteiger partial charge is 0.271 e. The number of carbonyl (C=O) groups excluding carboxylic acids is 1. The van der Waals surface area contributed by atoms with Crippen molar-refractivity contribution < 1.29 is 4.79 Å². The molecule has 0 radical (unpaired) electrons. The summed E-state index contributed by atoms with van der Waals surface area (Å²) in [6.45, 7) is 2.22. The number of aromatic amines is 1. The lowest BCUT2D eigenvalue weighted by atomic mass is 10.1. The van der Waals surface area contributed by atoms with Gasteiger partial charge in [0.15, 0.2) is 5.69 Å². The largest absolute Gasteiger partial charge is 0.367 e. The quantitative estimate of drug-likeness (QED) is 0.576. The fraction of sp³-hybridized carbons (Fsp3) is 0.316. The van der Waals surface area contributed by atoms with E-state index >= 15 is 0 Å². The third-order valence-electron chi connectivity index (χ3n) is 4.12. The molecule has 0 unspecified atom stereocenters. The minimum atomic E-state index is -0.211. The van der Waals surface area contributed by atoms with E-state index in [4.69, 9.17) is 0 Å². The highest BCUT2D eigenvalue weighted by molar-refractivity contribution is 5.92. The lowest BCUT2D eigenvalue weighted by molar-refractivity contribution is 0.0948. The summed E-state index contributed by atoms with van der Waals surface area (Å²) in [6.07, 6.45) is 2.75. The highest BCUT2D eigenvalue weighted by Crippen LogP contribution is 2.17. The summed E-state index contributed by atoms with van der Waals surface area (Å²) >= 11 is 0. The second kappa shape index (κ2) is 8.44. The molecule has 7 nitrogen and oxygen atoms in total. The Bertz CT molecular complexity index is 856. The summed E-state index contributed by atoms with van der Waals surface area (Å²) in [4.78, 5) is 17.5. The molecular weight excluding hydrogens is 328 g/mol. The Morgan fingerprint density at radius 3 is 2.73 bits per heavy atom. The van der Waals surface area contributed by atoms with Crippen molar-refractivity contribution in [1.29, 1.82) is 0 Å². The highest BCUT2D eigenvalue weighted by atomic mass is 16.1. The molecule has 0 fully saturated rings. The van der Waals surface area contributed by atoms with Crippen LogP contribution in [0.2, 0.25) is 0 Å². The van der Waals surface area contributed by atoms with Gasteiger partial charge in [-0.05, 0) is 44.3 Å². The molecule has 7 heteroatoms. The van der Waals surface area contributed by atoms with Crippen molar-refractivity contribution in [3.63, 3.8) is 0 Å². The Morgan fingerprint density at radius 1 is 1.12 bits per heavy atom. The molecule has 0 atom stereocenters. The van der Waals surface area contributed by atoms with E-state index in [1.54, 1.807) is 12.1 Å². The van der Waals surface area contributed by atoms with Crippen LogP contribution in [0, 0.1) is 0 Å². The summed E-state index contributed by atoms with van der Waals surface area (Å²) in [6, 6.07) is 11.6. The molecule has 0 bridgehead atoms. The van der Waals surface area contributed by atoms with Crippen LogP contribution in [0.15, 0.2) is 42.6 Å². The lowest BCUT2D eigenvalue weighted by Crippen LogP contribution is -2.27. The topological polar surface area (TPSA) is 85.9 Å². The van der Waals surface area contributed by atoms with Crippen LogP contribution in [0.3, 0.4) is 0 Å². The van der Waals surface area contributed by atoms with E-state index in [1.165, 1.54) is 10.9 Å². The molecule has 1 amide bonds. The maximum Gasteiger partial charge on any atom is 0.271 e. The number of nitrogens with one attached hydrogen (secondary N) is 3. The first kappa shape index (κ1) is 17.9. The average molecular weight is 352 g/mol. The van der Waals surface area contributed by atoms with Crippen molar-refractivity contribution in [2.75, 3.05) is 39.0 Å². The third-order valence-corrected chi connectivity index (χ3v) is 4.12. The summed E-state index contributed by atoms with van der Waals surface area (Å²) in [5.41, 5.74) is 2.62. The number of hydrogen-bond donors (Lipinski definition) is 3. The molecule has 0 spiro atoms. The zero-order valence-electron chi connectivity index (χ0n) is 15.1. The number of carbonyl (C=O) groups is 1. The number of aromatic nitrogens is 3. The monoisotopic (exact) mass is 352 g/mol. The Balaban J connectivity index is 1.48. The molecular formula is C19H24N6O. The first-order chi connectivity index (χ1) is 12.6. The van der Waals surface area contributed by atoms with Crippen LogP contribution in [0.1, 0.15) is 16.1 Å². The van der Waals surface area contributed by atoms with E-state index in [0.29, 0.717) is 18.1 Å². The zero-order chi connectivity index (χ0) is 18.4. The SMILES string of the molecule is CN(C)CCNc1ccc(C(=O)NCCc2c[nH]c3ccccc23)nn1. The number of amides is 1. The normalized spacial score (nSPS) is 11.0. The van der Waals surface area contributed by atoms with Crippen molar-refractivity contribution >= 4 is 22.6 Å². The second-order valence-corrected chi connectivity index (χ2v) is 6.40. The van der Waals surface area contributed by atoms with Gasteiger partial charge in [0.2, 0.25) is 0 Å². The van der Waals surface area contributed by atoms with Gasteiger partial charge in [-0.2, -0.15) is 0 Å². The molecule has 26 heavy (non-hydrogen) atoms. The molecule has 0 aliphatic heterocycles. The number of para-hydroxylation sites is 1. The zero-order valence-corrected chi connectivity index (χ0v) is 15.1. The van der Waals surface area contributed by atoms with E-state index in [2.05, 4.69) is 36.8 Å². The molecule has 0 saturated carbocycles. The van der Waals surface area contributed by atoms with E-state index < -0.39 is 0 Å². The maximum atomic E-state index is 12.2. The predicted molar refractivity (Wildman–Crippen MR) is 103 cm³/mol. The fourth-order valence-electron chi connectivity index (χ4n) is 2.69. The van der Waals surface area contributed by atoms with Crippen LogP contribution in [-0.2, 0) is 6.42 Å². The van der Waals surface area contributed by atoms with Gasteiger partial charge in [0.05, 0.1) is 0 Å². The lowest BCUT2D eigenvalue weighted by Gasteiger charge is -2.10. The number of rotatable bonds is 8. The molecule has 3 rings (SSSR count). The van der Waals surface area contributed by atoms with Crippen molar-refractivity contribution in [3.05, 3.63) is 53.9 Å². The van der Waals surface area contributed by atoms with Crippen LogP contribution >= 0.6 is 0 Å². The first-order valence-corrected chi connectivity index (χ1v) is 8.69. The van der Waals surface area contributed by atoms with Gasteiger partial charge in [0, 0.05) is 36.7 Å². The molecule has 0 aliphatic rings. The Hall–Kier alpha value is -2.93. The first-order valence-electron chi connectivity index (χ1n) is 8.69. The van der Waals surface area contributed by atoms with Crippen LogP contribution in [0.5, 0.6) is 0 Å². The van der Waals surface area contributed by atoms with Gasteiger partial charge in [0.1, 0.15) is 5.82 Å². The second-order valence-electron chi connectivity index (χ2n) is 6.40. The Labute approximate surface area is 152 Å². The summed E-state index contributed by atoms with van der Waals surface area (Å²) in [5.74, 6) is 0.458. The Kier molecular flexibility index (Phi) is 5.80. The van der Waals surface area contributed by atoms with E-state index in [0.717, 1.165) is 25.0 Å². The van der Waals surface area contributed by atoms with Gasteiger partial charge in [-0.1, -0.05) is 18.2 Å². The molecule has 3 aromatic rings. The van der Waals surface area contributed by atoms with Crippen molar-refractivity contribution in [2.24, 2.45) is 0 Å². The molecule has 3 N–H and O–H groups in total. The number of benzene rings is 1.